The monoisotopic (exact) mass is 199 g/mol. The summed E-state index contributed by atoms with van der Waals surface area (Å²) in [6, 6.07) is 8.81. The summed E-state index contributed by atoms with van der Waals surface area (Å²) in [4.78, 5) is 3.96. The maximum Gasteiger partial charge on any atom is 0.161 e. The maximum atomic E-state index is 9.33. The fourth-order valence-corrected chi connectivity index (χ4v) is 1.42. The standard InChI is InChI=1S/C11H9N3O/c1-8-11(6-12)13-7-14(8)9-3-2-4-10(15)5-9/h2-5,7,15H,1H3. The van der Waals surface area contributed by atoms with Gasteiger partial charge in [0, 0.05) is 6.07 Å². The molecule has 4 heteroatoms. The first-order chi connectivity index (χ1) is 7.22. The second-order valence-electron chi connectivity index (χ2n) is 3.18. The highest BCUT2D eigenvalue weighted by Gasteiger charge is 2.06. The minimum absolute atomic E-state index is 0.194. The van der Waals surface area contributed by atoms with Crippen LogP contribution in [0.15, 0.2) is 30.6 Å². The van der Waals surface area contributed by atoms with Gasteiger partial charge in [-0.15, -0.1) is 0 Å². The summed E-state index contributed by atoms with van der Waals surface area (Å²) < 4.78 is 1.76. The second-order valence-corrected chi connectivity index (χ2v) is 3.18. The SMILES string of the molecule is Cc1c(C#N)ncn1-c1cccc(O)c1. The van der Waals surface area contributed by atoms with Crippen molar-refractivity contribution < 1.29 is 5.11 Å². The van der Waals surface area contributed by atoms with E-state index in [9.17, 15) is 5.11 Å². The molecule has 1 aromatic heterocycles. The van der Waals surface area contributed by atoms with E-state index in [0.29, 0.717) is 5.69 Å². The van der Waals surface area contributed by atoms with E-state index >= 15 is 0 Å². The predicted octanol–water partition coefficient (Wildman–Crippen LogP) is 1.76. The Bertz CT molecular complexity index is 537. The highest BCUT2D eigenvalue weighted by Crippen LogP contribution is 2.17. The average Bonchev–Trinajstić information content (AvgIpc) is 2.59. The minimum Gasteiger partial charge on any atom is -0.508 e. The molecule has 0 atom stereocenters. The van der Waals surface area contributed by atoms with Crippen molar-refractivity contribution in [3.63, 3.8) is 0 Å². The van der Waals surface area contributed by atoms with E-state index in [4.69, 9.17) is 5.26 Å². The lowest BCUT2D eigenvalue weighted by molar-refractivity contribution is 0.475. The molecule has 15 heavy (non-hydrogen) atoms. The van der Waals surface area contributed by atoms with E-state index in [1.807, 2.05) is 19.1 Å². The van der Waals surface area contributed by atoms with Crippen LogP contribution in [0, 0.1) is 18.3 Å². The summed E-state index contributed by atoms with van der Waals surface area (Å²) in [5.74, 6) is 0.194. The fourth-order valence-electron chi connectivity index (χ4n) is 1.42. The summed E-state index contributed by atoms with van der Waals surface area (Å²) in [6.45, 7) is 1.82. The van der Waals surface area contributed by atoms with E-state index in [0.717, 1.165) is 11.4 Å². The number of phenolic OH excluding ortho intramolecular Hbond substituents is 1. The Morgan fingerprint density at radius 3 is 2.87 bits per heavy atom. The lowest BCUT2D eigenvalue weighted by Gasteiger charge is -2.04. The van der Waals surface area contributed by atoms with Crippen molar-refractivity contribution in [1.29, 1.82) is 5.26 Å². The average molecular weight is 199 g/mol. The molecule has 0 saturated heterocycles. The molecule has 2 rings (SSSR count). The van der Waals surface area contributed by atoms with E-state index in [-0.39, 0.29) is 5.75 Å². The van der Waals surface area contributed by atoms with Crippen LogP contribution in [0.25, 0.3) is 5.69 Å². The molecule has 1 aromatic carbocycles. The first-order valence-corrected chi connectivity index (χ1v) is 4.46. The fraction of sp³-hybridized carbons (Fsp3) is 0.0909. The first-order valence-electron chi connectivity index (χ1n) is 4.46. The highest BCUT2D eigenvalue weighted by atomic mass is 16.3. The molecule has 2 aromatic rings. The zero-order valence-corrected chi connectivity index (χ0v) is 8.18. The quantitative estimate of drug-likeness (QED) is 0.761. The van der Waals surface area contributed by atoms with Crippen molar-refractivity contribution in [3.8, 4) is 17.5 Å². The Morgan fingerprint density at radius 1 is 1.47 bits per heavy atom. The molecule has 0 fully saturated rings. The molecule has 0 bridgehead atoms. The van der Waals surface area contributed by atoms with Crippen molar-refractivity contribution in [1.82, 2.24) is 9.55 Å². The molecule has 1 heterocycles. The van der Waals surface area contributed by atoms with Crippen LogP contribution < -0.4 is 0 Å². The molecule has 0 unspecified atom stereocenters. The van der Waals surface area contributed by atoms with Gasteiger partial charge >= 0.3 is 0 Å². The lowest BCUT2D eigenvalue weighted by atomic mass is 10.3. The Hall–Kier alpha value is -2.28. The second kappa shape index (κ2) is 3.46. The molecule has 4 nitrogen and oxygen atoms in total. The summed E-state index contributed by atoms with van der Waals surface area (Å²) in [5, 5.41) is 18.1. The first kappa shape index (κ1) is 9.28. The van der Waals surface area contributed by atoms with Crippen molar-refractivity contribution in [2.45, 2.75) is 6.92 Å². The molecule has 0 saturated carbocycles. The Morgan fingerprint density at radius 2 is 2.27 bits per heavy atom. The van der Waals surface area contributed by atoms with E-state index in [1.165, 1.54) is 0 Å². The maximum absolute atomic E-state index is 9.33. The molecule has 0 aliphatic rings. The van der Waals surface area contributed by atoms with Crippen LogP contribution in [0.2, 0.25) is 0 Å². The zero-order chi connectivity index (χ0) is 10.8. The van der Waals surface area contributed by atoms with Gasteiger partial charge in [-0.05, 0) is 19.1 Å². The number of phenols is 1. The van der Waals surface area contributed by atoms with Crippen molar-refractivity contribution >= 4 is 0 Å². The van der Waals surface area contributed by atoms with Crippen LogP contribution in [0.3, 0.4) is 0 Å². The smallest absolute Gasteiger partial charge is 0.161 e. The van der Waals surface area contributed by atoms with E-state index in [2.05, 4.69) is 4.98 Å². The molecular weight excluding hydrogens is 190 g/mol. The largest absolute Gasteiger partial charge is 0.508 e. The van der Waals surface area contributed by atoms with Crippen LogP contribution in [0.4, 0.5) is 0 Å². The summed E-state index contributed by atoms with van der Waals surface area (Å²) >= 11 is 0. The molecule has 0 radical (unpaired) electrons. The van der Waals surface area contributed by atoms with Gasteiger partial charge in [-0.1, -0.05) is 6.07 Å². The molecular formula is C11H9N3O. The number of nitrogens with zero attached hydrogens (tertiary/aromatic N) is 3. The number of benzene rings is 1. The summed E-state index contributed by atoms with van der Waals surface area (Å²) in [6.07, 6.45) is 1.57. The summed E-state index contributed by atoms with van der Waals surface area (Å²) in [7, 11) is 0. The van der Waals surface area contributed by atoms with Crippen molar-refractivity contribution in [3.05, 3.63) is 42.0 Å². The number of rotatable bonds is 1. The third kappa shape index (κ3) is 1.55. The lowest BCUT2D eigenvalue weighted by Crippen LogP contribution is -1.94. The number of imidazole rings is 1. The molecule has 74 valence electrons. The molecule has 1 N–H and O–H groups in total. The Kier molecular flexibility index (Phi) is 2.14. The van der Waals surface area contributed by atoms with Gasteiger partial charge in [-0.25, -0.2) is 4.98 Å². The van der Waals surface area contributed by atoms with Gasteiger partial charge in [0.05, 0.1) is 11.4 Å². The van der Waals surface area contributed by atoms with Crippen molar-refractivity contribution in [2.24, 2.45) is 0 Å². The van der Waals surface area contributed by atoms with Crippen LogP contribution in [-0.4, -0.2) is 14.7 Å². The number of hydrogen-bond donors (Lipinski definition) is 1. The molecule has 0 spiro atoms. The number of hydrogen-bond acceptors (Lipinski definition) is 3. The molecule has 0 amide bonds. The minimum atomic E-state index is 0.194. The zero-order valence-electron chi connectivity index (χ0n) is 8.18. The van der Waals surface area contributed by atoms with Gasteiger partial charge < -0.3 is 9.67 Å². The Labute approximate surface area is 87.0 Å². The predicted molar refractivity (Wildman–Crippen MR) is 54.7 cm³/mol. The number of aromatic nitrogens is 2. The number of nitriles is 1. The van der Waals surface area contributed by atoms with Gasteiger partial charge in [0.25, 0.3) is 0 Å². The van der Waals surface area contributed by atoms with E-state index in [1.54, 1.807) is 29.1 Å². The topological polar surface area (TPSA) is 61.8 Å². The van der Waals surface area contributed by atoms with Crippen LogP contribution in [-0.2, 0) is 0 Å². The summed E-state index contributed by atoms with van der Waals surface area (Å²) in [5.41, 5.74) is 1.96. The van der Waals surface area contributed by atoms with Gasteiger partial charge in [0.2, 0.25) is 0 Å². The molecule has 0 aliphatic carbocycles. The van der Waals surface area contributed by atoms with Crippen molar-refractivity contribution in [2.75, 3.05) is 0 Å². The number of aromatic hydroxyl groups is 1. The van der Waals surface area contributed by atoms with Crippen LogP contribution >= 0.6 is 0 Å². The van der Waals surface area contributed by atoms with Crippen LogP contribution in [0.1, 0.15) is 11.4 Å². The van der Waals surface area contributed by atoms with Gasteiger partial charge in [0.1, 0.15) is 18.1 Å². The third-order valence-electron chi connectivity index (χ3n) is 2.22. The van der Waals surface area contributed by atoms with Crippen LogP contribution in [0.5, 0.6) is 5.75 Å². The Balaban J connectivity index is 2.56. The normalized spacial score (nSPS) is 9.87. The molecule has 0 aliphatic heterocycles. The van der Waals surface area contributed by atoms with Gasteiger partial charge in [-0.2, -0.15) is 5.26 Å². The highest BCUT2D eigenvalue weighted by molar-refractivity contribution is 5.42. The van der Waals surface area contributed by atoms with E-state index < -0.39 is 0 Å². The van der Waals surface area contributed by atoms with Gasteiger partial charge in [-0.3, -0.25) is 0 Å². The van der Waals surface area contributed by atoms with Gasteiger partial charge in [0.15, 0.2) is 5.69 Å². The third-order valence-corrected chi connectivity index (χ3v) is 2.22.